The Labute approximate surface area is 446 Å². The molecule has 0 aromatic heterocycles. The number of aliphatic hydroxyl groups excluding tert-OH is 2. The Bertz CT molecular complexity index is 2760. The molecule has 12 atom stereocenters. The average Bonchev–Trinajstić information content (AvgIpc) is 3.48. The monoisotopic (exact) mass is 1070 g/mol. The smallest absolute Gasteiger partial charge is 0.408 e. The maximum absolute atomic E-state index is 15.4. The molecule has 2 bridgehead atoms. The quantitative estimate of drug-likeness (QED) is 0.0729. The number of carbonyl (C=O) groups excluding carboxylic acids is 8. The predicted octanol–water partition coefficient (Wildman–Crippen LogP) is 4.84. The average molecular weight is 1070 g/mol. The van der Waals surface area contributed by atoms with Crippen molar-refractivity contribution in [1.82, 2.24) is 10.6 Å². The number of ketones is 1. The van der Waals surface area contributed by atoms with E-state index in [4.69, 9.17) is 33.2 Å². The molecule has 3 aliphatic carbocycles. The molecule has 2 amide bonds. The highest BCUT2D eigenvalue weighted by atomic mass is 16.6. The summed E-state index contributed by atoms with van der Waals surface area (Å²) in [6.07, 6.45) is -13.4. The van der Waals surface area contributed by atoms with Crippen molar-refractivity contribution >= 4 is 47.6 Å². The van der Waals surface area contributed by atoms with Crippen LogP contribution in [-0.2, 0) is 68.5 Å². The third-order valence-corrected chi connectivity index (χ3v) is 15.3. The van der Waals surface area contributed by atoms with Gasteiger partial charge in [0, 0.05) is 38.5 Å². The van der Waals surface area contributed by atoms with Gasteiger partial charge in [0.25, 0.3) is 0 Å². The van der Waals surface area contributed by atoms with Gasteiger partial charge in [-0.3, -0.25) is 19.2 Å². The number of amides is 2. The molecule has 2 saturated carbocycles. The van der Waals surface area contributed by atoms with E-state index < -0.39 is 143 Å². The summed E-state index contributed by atoms with van der Waals surface area (Å²) >= 11 is 0. The molecule has 0 unspecified atom stereocenters. The number of ether oxygens (including phenoxy) is 7. The highest BCUT2D eigenvalue weighted by Gasteiger charge is 2.78. The lowest BCUT2D eigenvalue weighted by Gasteiger charge is -2.67. The zero-order chi connectivity index (χ0) is 56.4. The van der Waals surface area contributed by atoms with Gasteiger partial charge in [0.15, 0.2) is 11.4 Å². The van der Waals surface area contributed by atoms with Gasteiger partial charge in [-0.05, 0) is 75.4 Å². The van der Waals surface area contributed by atoms with Gasteiger partial charge in [-0.15, -0.1) is 0 Å². The zero-order valence-corrected chi connectivity index (χ0v) is 44.6. The highest BCUT2D eigenvalue weighted by Crippen LogP contribution is 2.64. The summed E-state index contributed by atoms with van der Waals surface area (Å²) < 4.78 is 41.7. The van der Waals surface area contributed by atoms with E-state index in [1.807, 2.05) is 0 Å². The van der Waals surface area contributed by atoms with Crippen LogP contribution in [-0.4, -0.2) is 129 Å². The minimum Gasteiger partial charge on any atom is -0.461 e. The number of hydrogen-bond acceptors (Lipinski definition) is 18. The first-order valence-electron chi connectivity index (χ1n) is 25.5. The number of nitrogens with one attached hydrogen (secondary N) is 2. The lowest BCUT2D eigenvalue weighted by Crippen LogP contribution is -2.81. The number of carbonyl (C=O) groups is 8. The van der Waals surface area contributed by atoms with Gasteiger partial charge in [0.2, 0.25) is 12.0 Å². The first-order valence-corrected chi connectivity index (χ1v) is 25.5. The maximum Gasteiger partial charge on any atom is 0.408 e. The second kappa shape index (κ2) is 22.5. The van der Waals surface area contributed by atoms with Crippen molar-refractivity contribution in [3.63, 3.8) is 0 Å². The number of fused-ring (bicyclic) bond motifs is 5. The summed E-state index contributed by atoms with van der Waals surface area (Å²) in [5, 5.41) is 43.5. The van der Waals surface area contributed by atoms with Crippen molar-refractivity contribution in [2.24, 2.45) is 16.7 Å². The molecule has 0 radical (unpaired) electrons. The van der Waals surface area contributed by atoms with Gasteiger partial charge in [0.05, 0.1) is 29.6 Å². The van der Waals surface area contributed by atoms with Crippen molar-refractivity contribution in [3.05, 3.63) is 119 Å². The highest BCUT2D eigenvalue weighted by molar-refractivity contribution is 5.94. The zero-order valence-electron chi connectivity index (χ0n) is 44.6. The molecule has 7 rings (SSSR count). The second-order valence-corrected chi connectivity index (χ2v) is 21.9. The molecule has 5 N–H and O–H groups in total. The number of Topliss-reactive ketones (excluding diaryl/α,β-unsaturated/α-hetero) is 1. The molecular formula is C57H68N2O18. The molecule has 20 heteroatoms. The third-order valence-electron chi connectivity index (χ3n) is 15.3. The van der Waals surface area contributed by atoms with E-state index in [0.29, 0.717) is 5.56 Å². The fourth-order valence-corrected chi connectivity index (χ4v) is 11.4. The standard InChI is InChI=1S/C57H68N2O18/c1-31-38(28-57(70)48(75-49(66)36-23-17-12-18-24-36)46-55(9,47(65)44(64)42(31)54(57,7)8)39(62)27-40-56(46,30-72-40)76-33(3)61)73-51(68)45(43(35-21-15-11-16-22-35)59-52(69)77-53(4,5)6)74-50(67)37(58-32(2)60)25-26-41(63)71-29-34-19-13-10-14-20-34/h10-24,37-40,43-46,48,62,64,70H,25-30H2,1-9H3,(H,58,60)(H,59,69)/t37-,38-,39-,40+,43-,44+,45+,46-,48-,55+,56-,57+/m0/s1. The van der Waals surface area contributed by atoms with Crippen LogP contribution >= 0.6 is 0 Å². The van der Waals surface area contributed by atoms with Gasteiger partial charge in [0.1, 0.15) is 54.3 Å². The molecule has 3 aromatic rings. The third kappa shape index (κ3) is 11.7. The number of rotatable bonds is 16. The summed E-state index contributed by atoms with van der Waals surface area (Å²) in [4.78, 5) is 112. The van der Waals surface area contributed by atoms with Gasteiger partial charge >= 0.3 is 35.9 Å². The normalized spacial score (nSPS) is 28.4. The molecular weight excluding hydrogens is 1000 g/mol. The van der Waals surface area contributed by atoms with Crippen LogP contribution < -0.4 is 10.6 Å². The summed E-state index contributed by atoms with van der Waals surface area (Å²) in [6, 6.07) is 21.2. The van der Waals surface area contributed by atoms with Crippen molar-refractivity contribution in [2.75, 3.05) is 6.61 Å². The predicted molar refractivity (Wildman–Crippen MR) is 271 cm³/mol. The Morgan fingerprint density at radius 2 is 1.44 bits per heavy atom. The fraction of sp³-hybridized carbons (Fsp3) is 0.509. The fourth-order valence-electron chi connectivity index (χ4n) is 11.4. The Kier molecular flexibility index (Phi) is 16.9. The van der Waals surface area contributed by atoms with Gasteiger partial charge in [-0.25, -0.2) is 19.2 Å². The lowest BCUT2D eigenvalue weighted by molar-refractivity contribution is -0.346. The summed E-state index contributed by atoms with van der Waals surface area (Å²) in [7, 11) is 0. The van der Waals surface area contributed by atoms with E-state index in [2.05, 4.69) is 10.6 Å². The molecule has 1 heterocycles. The minimum absolute atomic E-state index is 0.0183. The van der Waals surface area contributed by atoms with Crippen LogP contribution in [0.25, 0.3) is 0 Å². The van der Waals surface area contributed by atoms with Crippen molar-refractivity contribution < 1.29 is 86.8 Å². The molecule has 77 heavy (non-hydrogen) atoms. The molecule has 20 nitrogen and oxygen atoms in total. The molecule has 414 valence electrons. The largest absolute Gasteiger partial charge is 0.461 e. The van der Waals surface area contributed by atoms with Crippen LogP contribution in [0.4, 0.5) is 4.79 Å². The van der Waals surface area contributed by atoms with Gasteiger partial charge < -0.3 is 59.1 Å². The topological polar surface area (TPSA) is 286 Å². The van der Waals surface area contributed by atoms with Crippen LogP contribution in [0, 0.1) is 16.7 Å². The Morgan fingerprint density at radius 1 is 0.831 bits per heavy atom. The van der Waals surface area contributed by atoms with E-state index in [9.17, 15) is 44.1 Å². The Morgan fingerprint density at radius 3 is 2.01 bits per heavy atom. The maximum atomic E-state index is 15.4. The van der Waals surface area contributed by atoms with Crippen molar-refractivity contribution in [3.8, 4) is 0 Å². The molecule has 0 spiro atoms. The van der Waals surface area contributed by atoms with E-state index in [0.717, 1.165) is 13.8 Å². The van der Waals surface area contributed by atoms with Crippen LogP contribution in [0.15, 0.2) is 102 Å². The summed E-state index contributed by atoms with van der Waals surface area (Å²) in [6.45, 7) is 12.4. The summed E-state index contributed by atoms with van der Waals surface area (Å²) in [5.41, 5.74) is -8.53. The van der Waals surface area contributed by atoms with Gasteiger partial charge in [-0.2, -0.15) is 0 Å². The molecule has 1 saturated heterocycles. The SMILES string of the molecule is CC(=O)N[C@@H](CCC(=O)OCc1ccccc1)C(=O)O[C@@H](C(=O)O[C@H]1C[C@@]2(O)[C@@H](OC(=O)c3ccccc3)[C@@H]3[C@]4(OC(C)=O)CO[C@@H]4C[C@H](O)[C@@]3(C)C(=O)[C@H](O)C(=C1C)C2(C)C)[C@@H](NC(=O)OC(C)(C)C)c1ccccc1. The lowest BCUT2D eigenvalue weighted by atomic mass is 9.44. The van der Waals surface area contributed by atoms with E-state index in [1.165, 1.54) is 52.0 Å². The second-order valence-electron chi connectivity index (χ2n) is 21.9. The van der Waals surface area contributed by atoms with Crippen molar-refractivity contribution in [1.29, 1.82) is 0 Å². The van der Waals surface area contributed by atoms with Crippen LogP contribution in [0.3, 0.4) is 0 Å². The Hall–Kier alpha value is -7.00. The number of alkyl carbamates (subject to hydrolysis) is 1. The van der Waals surface area contributed by atoms with Crippen molar-refractivity contribution in [2.45, 2.75) is 160 Å². The van der Waals surface area contributed by atoms with Crippen LogP contribution in [0.2, 0.25) is 0 Å². The van der Waals surface area contributed by atoms with Gasteiger partial charge in [-0.1, -0.05) is 92.7 Å². The molecule has 3 aromatic carbocycles. The number of hydrogen-bond donors (Lipinski definition) is 5. The van der Waals surface area contributed by atoms with E-state index in [-0.39, 0.29) is 48.3 Å². The number of aliphatic hydroxyl groups is 3. The number of benzene rings is 3. The van der Waals surface area contributed by atoms with Crippen LogP contribution in [0.5, 0.6) is 0 Å². The van der Waals surface area contributed by atoms with Crippen LogP contribution in [0.1, 0.15) is 116 Å². The molecule has 4 aliphatic rings. The minimum atomic E-state index is -2.51. The van der Waals surface area contributed by atoms with E-state index in [1.54, 1.807) is 87.5 Å². The number of esters is 5. The molecule has 1 aliphatic heterocycles. The first-order chi connectivity index (χ1) is 36.1. The van der Waals surface area contributed by atoms with E-state index >= 15 is 9.59 Å². The Balaban J connectivity index is 1.33. The summed E-state index contributed by atoms with van der Waals surface area (Å²) in [5.74, 6) is -8.48. The molecule has 3 fully saturated rings. The first kappa shape index (κ1) is 57.7.